The van der Waals surface area contributed by atoms with Gasteiger partial charge in [0.25, 0.3) is 11.8 Å². The maximum absolute atomic E-state index is 12.6. The van der Waals surface area contributed by atoms with Crippen LogP contribution in [0.3, 0.4) is 0 Å². The summed E-state index contributed by atoms with van der Waals surface area (Å²) in [5.74, 6) is 1.83. The third kappa shape index (κ3) is 5.17. The quantitative estimate of drug-likeness (QED) is 0.574. The molecule has 1 atom stereocenters. The molecule has 4 rings (SSSR count). The molecular weight excluding hydrogens is 424 g/mol. The summed E-state index contributed by atoms with van der Waals surface area (Å²) in [5.41, 5.74) is 1.45. The van der Waals surface area contributed by atoms with Crippen molar-refractivity contribution in [3.63, 3.8) is 0 Å². The van der Waals surface area contributed by atoms with Crippen LogP contribution in [0.2, 0.25) is 0 Å². The predicted molar refractivity (Wildman–Crippen MR) is 123 cm³/mol. The van der Waals surface area contributed by atoms with Gasteiger partial charge in [-0.1, -0.05) is 12.1 Å². The second-order valence-electron chi connectivity index (χ2n) is 7.31. The molecule has 0 aliphatic carbocycles. The van der Waals surface area contributed by atoms with Gasteiger partial charge in [-0.25, -0.2) is 0 Å². The molecule has 1 aliphatic heterocycles. The van der Waals surface area contributed by atoms with Crippen molar-refractivity contribution in [2.75, 3.05) is 32.7 Å². The fourth-order valence-corrected chi connectivity index (χ4v) is 3.36. The summed E-state index contributed by atoms with van der Waals surface area (Å²) in [7, 11) is 3.04. The number of carbonyl (C=O) groups is 2. The SMILES string of the molecule is COc1ccc(C(=O)Nc2ccc(C(=O)NCC3COc4ccccc4O3)cc2)cc1OC. The monoisotopic (exact) mass is 448 g/mol. The molecule has 0 radical (unpaired) electrons. The molecule has 0 saturated heterocycles. The number of ether oxygens (including phenoxy) is 4. The van der Waals surface area contributed by atoms with E-state index >= 15 is 0 Å². The van der Waals surface area contributed by atoms with Gasteiger partial charge in [-0.05, 0) is 54.6 Å². The van der Waals surface area contributed by atoms with E-state index < -0.39 is 0 Å². The second-order valence-corrected chi connectivity index (χ2v) is 7.31. The summed E-state index contributed by atoms with van der Waals surface area (Å²) in [6, 6.07) is 19.0. The van der Waals surface area contributed by atoms with Crippen LogP contribution in [0.1, 0.15) is 20.7 Å². The highest BCUT2D eigenvalue weighted by Crippen LogP contribution is 2.31. The molecule has 0 saturated carbocycles. The lowest BCUT2D eigenvalue weighted by Crippen LogP contribution is -2.40. The van der Waals surface area contributed by atoms with Crippen molar-refractivity contribution >= 4 is 17.5 Å². The van der Waals surface area contributed by atoms with Crippen molar-refractivity contribution < 1.29 is 28.5 Å². The van der Waals surface area contributed by atoms with Gasteiger partial charge >= 0.3 is 0 Å². The lowest BCUT2D eigenvalue weighted by Gasteiger charge is -2.26. The van der Waals surface area contributed by atoms with Gasteiger partial charge in [0.05, 0.1) is 20.8 Å². The molecule has 0 spiro atoms. The zero-order valence-electron chi connectivity index (χ0n) is 18.3. The van der Waals surface area contributed by atoms with Crippen LogP contribution in [0.5, 0.6) is 23.0 Å². The Morgan fingerprint density at radius 1 is 0.879 bits per heavy atom. The first-order valence-electron chi connectivity index (χ1n) is 10.4. The zero-order valence-corrected chi connectivity index (χ0v) is 18.3. The maximum atomic E-state index is 12.6. The molecule has 170 valence electrons. The summed E-state index contributed by atoms with van der Waals surface area (Å²) in [4.78, 5) is 25.1. The normalized spacial score (nSPS) is 14.2. The van der Waals surface area contributed by atoms with E-state index in [1.165, 1.54) is 14.2 Å². The number of fused-ring (bicyclic) bond motifs is 1. The lowest BCUT2D eigenvalue weighted by molar-refractivity contribution is 0.0789. The average molecular weight is 448 g/mol. The molecule has 1 aliphatic rings. The number of methoxy groups -OCH3 is 2. The molecular formula is C25H24N2O6. The molecule has 33 heavy (non-hydrogen) atoms. The molecule has 8 heteroatoms. The summed E-state index contributed by atoms with van der Waals surface area (Å²) in [6.07, 6.45) is -0.274. The molecule has 1 heterocycles. The van der Waals surface area contributed by atoms with E-state index in [0.29, 0.717) is 53.0 Å². The van der Waals surface area contributed by atoms with E-state index in [9.17, 15) is 9.59 Å². The first-order valence-corrected chi connectivity index (χ1v) is 10.4. The number of anilines is 1. The van der Waals surface area contributed by atoms with Crippen molar-refractivity contribution in [2.45, 2.75) is 6.10 Å². The topological polar surface area (TPSA) is 95.1 Å². The van der Waals surface area contributed by atoms with Gasteiger partial charge in [-0.3, -0.25) is 9.59 Å². The van der Waals surface area contributed by atoms with Gasteiger partial charge in [0.15, 0.2) is 23.0 Å². The summed E-state index contributed by atoms with van der Waals surface area (Å²) in [6.45, 7) is 0.670. The van der Waals surface area contributed by atoms with E-state index in [4.69, 9.17) is 18.9 Å². The number of nitrogens with one attached hydrogen (secondary N) is 2. The van der Waals surface area contributed by atoms with Crippen LogP contribution in [0.4, 0.5) is 5.69 Å². The second kappa shape index (κ2) is 9.95. The fourth-order valence-electron chi connectivity index (χ4n) is 3.36. The fraction of sp³-hybridized carbons (Fsp3) is 0.200. The molecule has 2 amide bonds. The number of para-hydroxylation sites is 2. The van der Waals surface area contributed by atoms with Crippen LogP contribution >= 0.6 is 0 Å². The van der Waals surface area contributed by atoms with Crippen LogP contribution in [0, 0.1) is 0 Å². The van der Waals surface area contributed by atoms with Gasteiger partial charge in [0.1, 0.15) is 12.7 Å². The van der Waals surface area contributed by atoms with Crippen molar-refractivity contribution in [1.82, 2.24) is 5.32 Å². The third-order valence-electron chi connectivity index (χ3n) is 5.11. The van der Waals surface area contributed by atoms with Crippen molar-refractivity contribution in [1.29, 1.82) is 0 Å². The molecule has 3 aromatic rings. The Kier molecular flexibility index (Phi) is 6.64. The predicted octanol–water partition coefficient (Wildman–Crippen LogP) is 3.53. The standard InChI is InChI=1S/C25H24N2O6/c1-30-20-12-9-17(13-23(20)31-2)25(29)27-18-10-7-16(8-11-18)24(28)26-14-19-15-32-21-5-3-4-6-22(21)33-19/h3-13,19H,14-15H2,1-2H3,(H,26,28)(H,27,29). The Labute approximate surface area is 191 Å². The Balaban J connectivity index is 1.31. The number of hydrogen-bond acceptors (Lipinski definition) is 6. The van der Waals surface area contributed by atoms with E-state index in [1.54, 1.807) is 42.5 Å². The molecule has 2 N–H and O–H groups in total. The first-order chi connectivity index (χ1) is 16.1. The molecule has 0 fully saturated rings. The Bertz CT molecular complexity index is 1150. The summed E-state index contributed by atoms with van der Waals surface area (Å²) < 4.78 is 21.9. The highest BCUT2D eigenvalue weighted by molar-refractivity contribution is 6.05. The summed E-state index contributed by atoms with van der Waals surface area (Å²) in [5, 5.41) is 5.65. The number of hydrogen-bond donors (Lipinski definition) is 2. The third-order valence-corrected chi connectivity index (χ3v) is 5.11. The van der Waals surface area contributed by atoms with Gasteiger partial charge < -0.3 is 29.6 Å². The average Bonchev–Trinajstić information content (AvgIpc) is 2.87. The highest BCUT2D eigenvalue weighted by atomic mass is 16.6. The van der Waals surface area contributed by atoms with Crippen molar-refractivity contribution in [2.24, 2.45) is 0 Å². The van der Waals surface area contributed by atoms with E-state index in [1.807, 2.05) is 24.3 Å². The number of rotatable bonds is 7. The van der Waals surface area contributed by atoms with Crippen LogP contribution in [0.25, 0.3) is 0 Å². The lowest BCUT2D eigenvalue weighted by atomic mass is 10.1. The van der Waals surface area contributed by atoms with Crippen LogP contribution < -0.4 is 29.6 Å². The number of benzene rings is 3. The van der Waals surface area contributed by atoms with Gasteiger partial charge in [0.2, 0.25) is 0 Å². The number of amides is 2. The molecule has 3 aromatic carbocycles. The minimum Gasteiger partial charge on any atom is -0.493 e. The Hall–Kier alpha value is -4.20. The number of carbonyl (C=O) groups excluding carboxylic acids is 2. The van der Waals surface area contributed by atoms with E-state index in [-0.39, 0.29) is 17.9 Å². The van der Waals surface area contributed by atoms with Crippen molar-refractivity contribution in [3.8, 4) is 23.0 Å². The summed E-state index contributed by atoms with van der Waals surface area (Å²) >= 11 is 0. The minimum atomic E-state index is -0.303. The van der Waals surface area contributed by atoms with Gasteiger partial charge in [-0.2, -0.15) is 0 Å². The minimum absolute atomic E-state index is 0.241. The maximum Gasteiger partial charge on any atom is 0.255 e. The zero-order chi connectivity index (χ0) is 23.2. The largest absolute Gasteiger partial charge is 0.493 e. The van der Waals surface area contributed by atoms with Crippen LogP contribution in [-0.4, -0.2) is 45.3 Å². The Morgan fingerprint density at radius 2 is 1.58 bits per heavy atom. The van der Waals surface area contributed by atoms with Gasteiger partial charge in [0, 0.05) is 16.8 Å². The molecule has 8 nitrogen and oxygen atoms in total. The molecule has 0 bridgehead atoms. The van der Waals surface area contributed by atoms with E-state index in [2.05, 4.69) is 10.6 Å². The smallest absolute Gasteiger partial charge is 0.255 e. The Morgan fingerprint density at radius 3 is 2.30 bits per heavy atom. The van der Waals surface area contributed by atoms with Gasteiger partial charge in [-0.15, -0.1) is 0 Å². The van der Waals surface area contributed by atoms with Crippen LogP contribution in [0.15, 0.2) is 66.7 Å². The van der Waals surface area contributed by atoms with Crippen LogP contribution in [-0.2, 0) is 0 Å². The first kappa shape index (κ1) is 22.0. The van der Waals surface area contributed by atoms with E-state index in [0.717, 1.165) is 0 Å². The molecule has 1 unspecified atom stereocenters. The highest BCUT2D eigenvalue weighted by Gasteiger charge is 2.21. The van der Waals surface area contributed by atoms with Crippen molar-refractivity contribution in [3.05, 3.63) is 77.9 Å². The molecule has 0 aromatic heterocycles.